The number of rotatable bonds is 17. The van der Waals surface area contributed by atoms with E-state index in [1.54, 1.807) is 61.8 Å². The molecule has 3 fully saturated rings. The van der Waals surface area contributed by atoms with Crippen molar-refractivity contribution in [3.63, 3.8) is 0 Å². The maximum atomic E-state index is 14.9. The van der Waals surface area contributed by atoms with E-state index in [9.17, 15) is 39.2 Å². The second kappa shape index (κ2) is 25.9. The third-order valence-corrected chi connectivity index (χ3v) is 17.1. The van der Waals surface area contributed by atoms with Gasteiger partial charge in [-0.05, 0) is 78.0 Å². The van der Waals surface area contributed by atoms with Gasteiger partial charge in [-0.2, -0.15) is 0 Å². The number of cyclic esters (lactones) is 1. The molecule has 0 aliphatic carbocycles. The zero-order valence-corrected chi connectivity index (χ0v) is 47.3. The molecule has 5 rings (SSSR count). The Kier molecular flexibility index (Phi) is 21.6. The number of esters is 1. The summed E-state index contributed by atoms with van der Waals surface area (Å²) in [5.74, 6) is -5.28. The van der Waals surface area contributed by atoms with Crippen LogP contribution in [0.4, 0.5) is 4.39 Å². The Morgan fingerprint density at radius 1 is 0.920 bits per heavy atom. The maximum absolute atomic E-state index is 14.9. The Labute approximate surface area is 444 Å². The van der Waals surface area contributed by atoms with Crippen LogP contribution in [-0.2, 0) is 60.4 Å². The van der Waals surface area contributed by atoms with Gasteiger partial charge in [0.25, 0.3) is 0 Å². The largest absolute Gasteiger partial charge is 0.459 e. The van der Waals surface area contributed by atoms with Crippen molar-refractivity contribution >= 4 is 17.7 Å². The Morgan fingerprint density at radius 3 is 2.13 bits per heavy atom. The fourth-order valence-corrected chi connectivity index (χ4v) is 12.1. The summed E-state index contributed by atoms with van der Waals surface area (Å²) in [6.45, 7) is 16.9. The number of alkyl halides is 1. The molecule has 3 saturated heterocycles. The molecule has 0 saturated carbocycles. The molecule has 1 aromatic carbocycles. The Morgan fingerprint density at radius 2 is 1.56 bits per heavy atom. The van der Waals surface area contributed by atoms with Crippen LogP contribution in [0.1, 0.15) is 124 Å². The monoisotopic (exact) mass is 1060 g/mol. The molecule has 4 N–H and O–H groups in total. The van der Waals surface area contributed by atoms with E-state index in [0.29, 0.717) is 25.1 Å². The van der Waals surface area contributed by atoms with Gasteiger partial charge in [0.1, 0.15) is 48.5 Å². The number of aromatic nitrogens is 3. The van der Waals surface area contributed by atoms with Gasteiger partial charge in [0, 0.05) is 84.8 Å². The van der Waals surface area contributed by atoms with E-state index in [1.165, 1.54) is 37.8 Å². The summed E-state index contributed by atoms with van der Waals surface area (Å²) in [7, 11) is 9.82. The van der Waals surface area contributed by atoms with E-state index in [-0.39, 0.29) is 37.4 Å². The average Bonchev–Trinajstić information content (AvgIpc) is 3.85. The van der Waals surface area contributed by atoms with E-state index in [1.807, 2.05) is 57.0 Å². The average molecular weight is 1060 g/mol. The Bertz CT molecular complexity index is 2170. The third kappa shape index (κ3) is 13.8. The van der Waals surface area contributed by atoms with Crippen LogP contribution < -0.4 is 0 Å². The van der Waals surface area contributed by atoms with Crippen molar-refractivity contribution in [2.45, 2.75) is 198 Å². The van der Waals surface area contributed by atoms with Crippen LogP contribution in [0, 0.1) is 29.6 Å². The molecule has 426 valence electrons. The normalized spacial score (nSPS) is 38.4. The molecule has 20 heteroatoms. The molecule has 2 aromatic rings. The third-order valence-electron chi connectivity index (χ3n) is 17.1. The molecule has 19 nitrogen and oxygen atoms in total. The lowest BCUT2D eigenvalue weighted by Gasteiger charge is -2.52. The van der Waals surface area contributed by atoms with Crippen LogP contribution >= 0.6 is 0 Å². The molecule has 3 aliphatic rings. The predicted molar refractivity (Wildman–Crippen MR) is 276 cm³/mol. The summed E-state index contributed by atoms with van der Waals surface area (Å²) in [6.07, 6.45) is -6.74. The van der Waals surface area contributed by atoms with E-state index in [4.69, 9.17) is 33.2 Å². The zero-order valence-electron chi connectivity index (χ0n) is 47.3. The number of methoxy groups -OCH3 is 3. The number of hydrogen-bond donors (Lipinski definition) is 4. The van der Waals surface area contributed by atoms with Gasteiger partial charge >= 0.3 is 5.97 Å². The number of likely N-dealkylation sites (N-methyl/N-ethyl adjacent to an activating group) is 2. The number of aliphatic hydroxyl groups excluding tert-OH is 3. The number of hydrogen-bond acceptors (Lipinski definition) is 17. The van der Waals surface area contributed by atoms with Crippen LogP contribution in [0.3, 0.4) is 0 Å². The van der Waals surface area contributed by atoms with Crippen molar-refractivity contribution in [1.82, 2.24) is 24.8 Å². The molecule has 0 bridgehead atoms. The number of ether oxygens (including phenoxy) is 7. The predicted octanol–water partition coefficient (Wildman–Crippen LogP) is 4.45. The molecular formula is C55H90FN5O14. The number of aliphatic hydroxyl groups is 4. The summed E-state index contributed by atoms with van der Waals surface area (Å²) in [5, 5.41) is 55.9. The highest BCUT2D eigenvalue weighted by atomic mass is 19.1. The van der Waals surface area contributed by atoms with Gasteiger partial charge in [0.2, 0.25) is 5.91 Å². The second-order valence-electron chi connectivity index (χ2n) is 22.8. The number of nitrogens with zero attached hydrogens (tertiary/aromatic N) is 5. The van der Waals surface area contributed by atoms with Crippen molar-refractivity contribution in [2.24, 2.45) is 29.6 Å². The number of carbonyl (C=O) groups is 3. The van der Waals surface area contributed by atoms with Crippen molar-refractivity contribution in [2.75, 3.05) is 55.7 Å². The minimum Gasteiger partial charge on any atom is -0.459 e. The molecule has 1 aromatic heterocycles. The molecule has 4 heterocycles. The van der Waals surface area contributed by atoms with Gasteiger partial charge in [-0.25, -0.2) is 9.07 Å². The lowest BCUT2D eigenvalue weighted by Crippen LogP contribution is -2.62. The smallest absolute Gasteiger partial charge is 0.309 e. The van der Waals surface area contributed by atoms with Gasteiger partial charge in [0.15, 0.2) is 6.29 Å². The number of halogens is 1. The quantitative estimate of drug-likeness (QED) is 0.160. The summed E-state index contributed by atoms with van der Waals surface area (Å²) in [4.78, 5) is 44.8. The molecule has 1 amide bonds. The highest BCUT2D eigenvalue weighted by Gasteiger charge is 2.56. The second-order valence-corrected chi connectivity index (χ2v) is 22.8. The highest BCUT2D eigenvalue weighted by Crippen LogP contribution is 2.46. The van der Waals surface area contributed by atoms with Gasteiger partial charge in [-0.3, -0.25) is 14.4 Å². The first-order chi connectivity index (χ1) is 35.1. The fraction of sp³-hybridized carbons (Fsp3) is 0.800. The van der Waals surface area contributed by atoms with Crippen LogP contribution in [-0.4, -0.2) is 197 Å². The number of benzene rings is 1. The van der Waals surface area contributed by atoms with Gasteiger partial charge in [-0.1, -0.05) is 64.1 Å². The first kappa shape index (κ1) is 62.3. The fourth-order valence-electron chi connectivity index (χ4n) is 12.1. The lowest BCUT2D eigenvalue weighted by molar-refractivity contribution is -0.305. The minimum atomic E-state index is -2.00. The van der Waals surface area contributed by atoms with Gasteiger partial charge < -0.3 is 63.4 Å². The lowest BCUT2D eigenvalue weighted by atomic mass is 9.67. The molecule has 1 unspecified atom stereocenters. The summed E-state index contributed by atoms with van der Waals surface area (Å²) in [5.41, 5.74) is -2.28. The topological polar surface area (TPSA) is 234 Å². The molecular weight excluding hydrogens is 974 g/mol. The SMILES string of the molecule is CC[C@H]1OC(=O)[C@H](C)[C@@H](C2C[C@@](C)(OC)[C@@H](O)[C@H](C)O2)[C@H](C)[C@@H](O[C@@H]2O[C@H](C)C[C@H](N(C)CCc3cn([C@H](CF)[C@H](OC)c4ccc(CC(=O)N(C)C)cc4)nn3)[C@H]2O)[C@](C)(OC)C[C@@H](C)C(=O)[C@H](C)[C@@H](O)[C@]1(C)O. The summed E-state index contributed by atoms with van der Waals surface area (Å²) in [6, 6.07) is 5.99. The number of Topliss-reactive ketones (excluding diaryl/α,β-unsaturated/α-hetero) is 1. The standard InChI is InChI=1S/C55H90FN5O14/c1-17-42-55(10,68)48(65)34(6)45(63)30(2)26-54(9,71-16)50(32(4)44(33(5)51(67)74-42)41-27-53(8,70-15)49(66)35(7)73-41)75-52-46(64)39(24-31(3)72-52)60(13)23-22-38-29-61(58-57-38)40(28-56)47(69-14)37-20-18-36(19-21-37)25-43(62)59(11)12/h18-21,29-35,39-42,44,46-50,52,64-66,68H,17,22-28H2,1-16H3/t30-,31-,32+,33-,34+,35+,39+,40-,41?,42-,44+,46-,47-,48-,49+,50-,52+,53-,54-,55-/m1/s1. The van der Waals surface area contributed by atoms with Crippen molar-refractivity contribution < 1.29 is 72.4 Å². The van der Waals surface area contributed by atoms with Crippen LogP contribution in [0.2, 0.25) is 0 Å². The van der Waals surface area contributed by atoms with Crippen LogP contribution in [0.5, 0.6) is 0 Å². The Balaban J connectivity index is 1.45. The van der Waals surface area contributed by atoms with Crippen molar-refractivity contribution in [1.29, 1.82) is 0 Å². The molecule has 75 heavy (non-hydrogen) atoms. The zero-order chi connectivity index (χ0) is 56.1. The van der Waals surface area contributed by atoms with E-state index < -0.39 is 132 Å². The van der Waals surface area contributed by atoms with E-state index >= 15 is 0 Å². The Hall–Kier alpha value is -3.54. The van der Waals surface area contributed by atoms with Crippen LogP contribution in [0.15, 0.2) is 30.5 Å². The van der Waals surface area contributed by atoms with Crippen molar-refractivity contribution in [3.05, 3.63) is 47.3 Å². The number of amides is 1. The van der Waals surface area contributed by atoms with Gasteiger partial charge in [0.05, 0.1) is 59.8 Å². The molecule has 0 radical (unpaired) electrons. The highest BCUT2D eigenvalue weighted by molar-refractivity contribution is 5.83. The molecule has 3 aliphatic heterocycles. The number of carbonyl (C=O) groups excluding carboxylic acids is 3. The summed E-state index contributed by atoms with van der Waals surface area (Å²) < 4.78 is 60.9. The van der Waals surface area contributed by atoms with Gasteiger partial charge in [-0.15, -0.1) is 5.10 Å². The molecule has 0 spiro atoms. The maximum Gasteiger partial charge on any atom is 0.309 e. The first-order valence-electron chi connectivity index (χ1n) is 26.7. The summed E-state index contributed by atoms with van der Waals surface area (Å²) >= 11 is 0. The first-order valence-corrected chi connectivity index (χ1v) is 26.7. The van der Waals surface area contributed by atoms with Crippen LogP contribution in [0.25, 0.3) is 0 Å². The number of ketones is 1. The molecule has 20 atom stereocenters. The minimum absolute atomic E-state index is 0.0340. The van der Waals surface area contributed by atoms with E-state index in [2.05, 4.69) is 10.3 Å². The van der Waals surface area contributed by atoms with Crippen molar-refractivity contribution in [3.8, 4) is 0 Å². The van der Waals surface area contributed by atoms with E-state index in [0.717, 1.165) is 11.1 Å².